The Morgan fingerprint density at radius 1 is 1.15 bits per heavy atom. The fourth-order valence-electron chi connectivity index (χ4n) is 4.22. The second-order valence-electron chi connectivity index (χ2n) is 9.12. The number of methoxy groups -OCH3 is 1. The van der Waals surface area contributed by atoms with Crippen molar-refractivity contribution in [2.75, 3.05) is 39.2 Å². The molecule has 0 saturated carbocycles. The summed E-state index contributed by atoms with van der Waals surface area (Å²) in [6.45, 7) is 8.60. The number of hydrogen-bond acceptors (Lipinski definition) is 5. The average molecular weight is 468 g/mol. The molecule has 3 atom stereocenters. The highest BCUT2D eigenvalue weighted by atomic mass is 16.5. The Kier molecular flexibility index (Phi) is 9.07. The molecule has 0 unspecified atom stereocenters. The Morgan fingerprint density at radius 2 is 1.88 bits per heavy atom. The van der Waals surface area contributed by atoms with Crippen molar-refractivity contribution in [1.29, 1.82) is 0 Å². The zero-order valence-electron chi connectivity index (χ0n) is 20.9. The van der Waals surface area contributed by atoms with Gasteiger partial charge in [-0.25, -0.2) is 0 Å². The minimum absolute atomic E-state index is 0.103. The van der Waals surface area contributed by atoms with E-state index < -0.39 is 0 Å². The highest BCUT2D eigenvalue weighted by Crippen LogP contribution is 2.27. The second-order valence-corrected chi connectivity index (χ2v) is 9.12. The Hall–Kier alpha value is -2.90. The van der Waals surface area contributed by atoms with Gasteiger partial charge in [-0.1, -0.05) is 44.2 Å². The molecule has 2 amide bonds. The Morgan fingerprint density at radius 3 is 2.56 bits per heavy atom. The standard InChI is InChI=1S/C27H37N3O4/c1-6-26(31)28-22-12-13-24-23(14-22)27(32)29(4)17-25(33-5)19(2)15-30(20(3)18-34-24)16-21-10-8-7-9-11-21/h7-14,19-20,25H,6,15-18H2,1-5H3,(H,28,31)/t19-,20+,25-/m1/s1. The molecular formula is C27H37N3O4. The summed E-state index contributed by atoms with van der Waals surface area (Å²) in [5.74, 6) is 0.445. The quantitative estimate of drug-likeness (QED) is 0.719. The van der Waals surface area contributed by atoms with Crippen molar-refractivity contribution in [3.8, 4) is 5.75 Å². The van der Waals surface area contributed by atoms with Gasteiger partial charge < -0.3 is 19.7 Å². The number of carbonyl (C=O) groups is 2. The maximum Gasteiger partial charge on any atom is 0.257 e. The molecule has 7 heteroatoms. The van der Waals surface area contributed by atoms with Crippen LogP contribution >= 0.6 is 0 Å². The molecule has 1 aliphatic rings. The Bertz CT molecular complexity index is 966. The summed E-state index contributed by atoms with van der Waals surface area (Å²) >= 11 is 0. The lowest BCUT2D eigenvalue weighted by Crippen LogP contribution is -2.46. The van der Waals surface area contributed by atoms with Crippen molar-refractivity contribution in [3.63, 3.8) is 0 Å². The average Bonchev–Trinajstić information content (AvgIpc) is 2.85. The fourth-order valence-corrected chi connectivity index (χ4v) is 4.22. The van der Waals surface area contributed by atoms with Gasteiger partial charge in [0, 0.05) is 51.9 Å². The normalized spacial score (nSPS) is 22.2. The van der Waals surface area contributed by atoms with Gasteiger partial charge in [0.1, 0.15) is 12.4 Å². The summed E-state index contributed by atoms with van der Waals surface area (Å²) in [6.07, 6.45) is 0.245. The van der Waals surface area contributed by atoms with Crippen LogP contribution in [0.15, 0.2) is 48.5 Å². The minimum Gasteiger partial charge on any atom is -0.491 e. The maximum atomic E-state index is 13.4. The third-order valence-electron chi connectivity index (χ3n) is 6.41. The molecule has 0 bridgehead atoms. The summed E-state index contributed by atoms with van der Waals surface area (Å²) in [6, 6.07) is 15.8. The van der Waals surface area contributed by atoms with E-state index in [1.807, 2.05) is 6.07 Å². The third-order valence-corrected chi connectivity index (χ3v) is 6.41. The molecule has 1 aliphatic heterocycles. The molecule has 1 heterocycles. The van der Waals surface area contributed by atoms with Crippen LogP contribution < -0.4 is 10.1 Å². The van der Waals surface area contributed by atoms with Crippen molar-refractivity contribution in [2.45, 2.75) is 45.9 Å². The topological polar surface area (TPSA) is 71.1 Å². The van der Waals surface area contributed by atoms with E-state index in [4.69, 9.17) is 9.47 Å². The van der Waals surface area contributed by atoms with Gasteiger partial charge in [-0.2, -0.15) is 0 Å². The van der Waals surface area contributed by atoms with E-state index in [9.17, 15) is 9.59 Å². The maximum absolute atomic E-state index is 13.4. The number of benzene rings is 2. The number of fused-ring (bicyclic) bond motifs is 1. The number of nitrogens with one attached hydrogen (secondary N) is 1. The molecule has 7 nitrogen and oxygen atoms in total. The van der Waals surface area contributed by atoms with E-state index in [1.165, 1.54) is 5.56 Å². The Balaban J connectivity index is 1.93. The number of anilines is 1. The van der Waals surface area contributed by atoms with E-state index in [1.54, 1.807) is 44.2 Å². The lowest BCUT2D eigenvalue weighted by Gasteiger charge is -2.36. The van der Waals surface area contributed by atoms with Crippen molar-refractivity contribution in [3.05, 3.63) is 59.7 Å². The van der Waals surface area contributed by atoms with Crippen molar-refractivity contribution < 1.29 is 19.1 Å². The zero-order valence-corrected chi connectivity index (χ0v) is 20.9. The number of likely N-dealkylation sites (N-methyl/N-ethyl adjacent to an activating group) is 1. The second kappa shape index (κ2) is 12.0. The molecule has 0 spiro atoms. The van der Waals surface area contributed by atoms with E-state index in [-0.39, 0.29) is 29.9 Å². The minimum atomic E-state index is -0.161. The largest absolute Gasteiger partial charge is 0.491 e. The molecule has 0 fully saturated rings. The predicted molar refractivity (Wildman–Crippen MR) is 134 cm³/mol. The number of rotatable bonds is 5. The number of amides is 2. The molecule has 184 valence electrons. The smallest absolute Gasteiger partial charge is 0.257 e. The van der Waals surface area contributed by atoms with Crippen LogP contribution in [-0.2, 0) is 16.1 Å². The zero-order chi connectivity index (χ0) is 24.7. The molecule has 0 aromatic heterocycles. The van der Waals surface area contributed by atoms with E-state index in [2.05, 4.69) is 48.3 Å². The van der Waals surface area contributed by atoms with Crippen LogP contribution in [0.3, 0.4) is 0 Å². The molecule has 2 aromatic carbocycles. The van der Waals surface area contributed by atoms with Gasteiger partial charge in [0.2, 0.25) is 5.91 Å². The van der Waals surface area contributed by atoms with Crippen LogP contribution in [0.25, 0.3) is 0 Å². The summed E-state index contributed by atoms with van der Waals surface area (Å²) < 4.78 is 12.0. The van der Waals surface area contributed by atoms with Gasteiger partial charge in [0.05, 0.1) is 11.7 Å². The molecule has 0 aliphatic carbocycles. The van der Waals surface area contributed by atoms with Crippen molar-refractivity contribution in [2.24, 2.45) is 5.92 Å². The summed E-state index contributed by atoms with van der Waals surface area (Å²) in [5, 5.41) is 2.84. The van der Waals surface area contributed by atoms with Gasteiger partial charge in [-0.15, -0.1) is 0 Å². The first kappa shape index (κ1) is 25.7. The highest BCUT2D eigenvalue weighted by molar-refractivity contribution is 5.99. The van der Waals surface area contributed by atoms with Gasteiger partial charge >= 0.3 is 0 Å². The third kappa shape index (κ3) is 6.58. The molecule has 0 saturated heterocycles. The number of hydrogen-bond donors (Lipinski definition) is 1. The molecule has 2 aromatic rings. The van der Waals surface area contributed by atoms with Gasteiger partial charge in [-0.05, 0) is 36.6 Å². The first-order valence-electron chi connectivity index (χ1n) is 11.9. The van der Waals surface area contributed by atoms with Crippen LogP contribution in [0.1, 0.15) is 43.1 Å². The molecular weight excluding hydrogens is 430 g/mol. The first-order valence-corrected chi connectivity index (χ1v) is 11.9. The number of nitrogens with zero attached hydrogens (tertiary/aromatic N) is 2. The van der Waals surface area contributed by atoms with Crippen molar-refractivity contribution >= 4 is 17.5 Å². The monoisotopic (exact) mass is 467 g/mol. The fraction of sp³-hybridized carbons (Fsp3) is 0.481. The summed E-state index contributed by atoms with van der Waals surface area (Å²) in [7, 11) is 3.48. The van der Waals surface area contributed by atoms with Crippen LogP contribution in [0.2, 0.25) is 0 Å². The lowest BCUT2D eigenvalue weighted by atomic mass is 10.0. The van der Waals surface area contributed by atoms with Crippen LogP contribution in [0, 0.1) is 5.92 Å². The Labute approximate surface area is 203 Å². The molecule has 34 heavy (non-hydrogen) atoms. The lowest BCUT2D eigenvalue weighted by molar-refractivity contribution is -0.115. The molecule has 3 rings (SSSR count). The van der Waals surface area contributed by atoms with Crippen LogP contribution in [0.5, 0.6) is 5.75 Å². The van der Waals surface area contributed by atoms with Gasteiger partial charge in [-0.3, -0.25) is 14.5 Å². The van der Waals surface area contributed by atoms with E-state index >= 15 is 0 Å². The summed E-state index contributed by atoms with van der Waals surface area (Å²) in [5.41, 5.74) is 2.26. The molecule has 1 N–H and O–H groups in total. The first-order chi connectivity index (χ1) is 16.3. The van der Waals surface area contributed by atoms with Crippen LogP contribution in [-0.4, -0.2) is 67.6 Å². The van der Waals surface area contributed by atoms with E-state index in [0.29, 0.717) is 36.6 Å². The van der Waals surface area contributed by atoms with Gasteiger partial charge in [0.25, 0.3) is 5.91 Å². The van der Waals surface area contributed by atoms with Crippen LogP contribution in [0.4, 0.5) is 5.69 Å². The molecule has 0 radical (unpaired) electrons. The van der Waals surface area contributed by atoms with E-state index in [0.717, 1.165) is 13.1 Å². The predicted octanol–water partition coefficient (Wildman–Crippen LogP) is 4.04. The number of ether oxygens (including phenoxy) is 2. The van der Waals surface area contributed by atoms with Gasteiger partial charge in [0.15, 0.2) is 0 Å². The number of carbonyl (C=O) groups excluding carboxylic acids is 2. The van der Waals surface area contributed by atoms with Crippen molar-refractivity contribution in [1.82, 2.24) is 9.80 Å². The highest BCUT2D eigenvalue weighted by Gasteiger charge is 2.28. The SMILES string of the molecule is CCC(=O)Nc1ccc2c(c1)C(=O)N(C)C[C@@H](OC)[C@H](C)CN(Cc1ccccc1)[C@@H](C)CO2. The summed E-state index contributed by atoms with van der Waals surface area (Å²) in [4.78, 5) is 29.4.